The molecule has 0 fully saturated rings. The van der Waals surface area contributed by atoms with Crippen LogP contribution >= 0.6 is 0 Å². The predicted octanol–water partition coefficient (Wildman–Crippen LogP) is 3.95. The smallest absolute Gasteiger partial charge is 0.312 e. The molecule has 1 unspecified atom stereocenters. The third-order valence-corrected chi connectivity index (χ3v) is 4.57. The Hall–Kier alpha value is -1.51. The molecular formula is C17H26O3. The highest BCUT2D eigenvalue weighted by Gasteiger charge is 2.48. The summed E-state index contributed by atoms with van der Waals surface area (Å²) >= 11 is 0. The molecule has 0 bridgehead atoms. The molecule has 0 aliphatic rings. The van der Waals surface area contributed by atoms with Crippen molar-refractivity contribution >= 4 is 5.97 Å². The molecule has 0 aromatic heterocycles. The molecular weight excluding hydrogens is 252 g/mol. The number of benzene rings is 1. The first kappa shape index (κ1) is 16.5. The third kappa shape index (κ3) is 2.67. The van der Waals surface area contributed by atoms with E-state index in [-0.39, 0.29) is 11.4 Å². The Kier molecular flexibility index (Phi) is 5.21. The zero-order valence-corrected chi connectivity index (χ0v) is 13.4. The number of hydrogen-bond acceptors (Lipinski definition) is 3. The third-order valence-electron chi connectivity index (χ3n) is 4.57. The van der Waals surface area contributed by atoms with Crippen molar-refractivity contribution in [2.75, 3.05) is 13.7 Å². The van der Waals surface area contributed by atoms with Crippen LogP contribution in [0.2, 0.25) is 0 Å². The van der Waals surface area contributed by atoms with E-state index in [2.05, 4.69) is 13.8 Å². The first-order valence-corrected chi connectivity index (χ1v) is 7.15. The number of methoxy groups -OCH3 is 1. The van der Waals surface area contributed by atoms with Gasteiger partial charge in [-0.1, -0.05) is 32.0 Å². The van der Waals surface area contributed by atoms with Gasteiger partial charge < -0.3 is 9.47 Å². The van der Waals surface area contributed by atoms with Crippen LogP contribution in [0, 0.1) is 5.41 Å². The van der Waals surface area contributed by atoms with Crippen LogP contribution in [0.4, 0.5) is 0 Å². The van der Waals surface area contributed by atoms with Crippen molar-refractivity contribution in [3.8, 4) is 5.75 Å². The molecule has 0 saturated carbocycles. The molecule has 1 aromatic carbocycles. The molecule has 3 heteroatoms. The summed E-state index contributed by atoms with van der Waals surface area (Å²) in [5.41, 5.74) is 0.0566. The largest absolute Gasteiger partial charge is 0.496 e. The first-order valence-electron chi connectivity index (χ1n) is 7.15. The van der Waals surface area contributed by atoms with Crippen LogP contribution in [0.5, 0.6) is 5.75 Å². The van der Waals surface area contributed by atoms with Gasteiger partial charge in [0.05, 0.1) is 19.1 Å². The number of para-hydroxylation sites is 1. The second kappa shape index (κ2) is 6.29. The zero-order chi connectivity index (χ0) is 15.4. The molecule has 20 heavy (non-hydrogen) atoms. The summed E-state index contributed by atoms with van der Waals surface area (Å²) < 4.78 is 10.7. The molecule has 3 nitrogen and oxygen atoms in total. The number of carbonyl (C=O) groups excluding carboxylic acids is 1. The van der Waals surface area contributed by atoms with Crippen molar-refractivity contribution in [3.05, 3.63) is 29.8 Å². The van der Waals surface area contributed by atoms with Crippen LogP contribution in [-0.4, -0.2) is 19.7 Å². The lowest BCUT2D eigenvalue weighted by Gasteiger charge is -2.42. The van der Waals surface area contributed by atoms with Gasteiger partial charge in [-0.3, -0.25) is 4.79 Å². The Bertz CT molecular complexity index is 465. The lowest BCUT2D eigenvalue weighted by atomic mass is 9.61. The van der Waals surface area contributed by atoms with Crippen LogP contribution in [0.25, 0.3) is 0 Å². The van der Waals surface area contributed by atoms with Crippen molar-refractivity contribution in [1.29, 1.82) is 0 Å². The average Bonchev–Trinajstić information content (AvgIpc) is 2.46. The highest BCUT2D eigenvalue weighted by atomic mass is 16.5. The van der Waals surface area contributed by atoms with Gasteiger partial charge in [0, 0.05) is 11.0 Å². The van der Waals surface area contributed by atoms with Gasteiger partial charge in [0.15, 0.2) is 0 Å². The summed E-state index contributed by atoms with van der Waals surface area (Å²) in [7, 11) is 1.66. The Morgan fingerprint density at radius 2 is 1.75 bits per heavy atom. The summed E-state index contributed by atoms with van der Waals surface area (Å²) in [4.78, 5) is 12.4. The van der Waals surface area contributed by atoms with Crippen molar-refractivity contribution < 1.29 is 14.3 Å². The van der Waals surface area contributed by atoms with Crippen molar-refractivity contribution in [3.63, 3.8) is 0 Å². The minimum absolute atomic E-state index is 0.171. The van der Waals surface area contributed by atoms with E-state index in [9.17, 15) is 4.79 Å². The molecule has 1 aromatic rings. The van der Waals surface area contributed by atoms with Gasteiger partial charge in [-0.25, -0.2) is 0 Å². The maximum absolute atomic E-state index is 12.4. The minimum Gasteiger partial charge on any atom is -0.496 e. The van der Waals surface area contributed by atoms with Gasteiger partial charge in [-0.15, -0.1) is 0 Å². The molecule has 0 radical (unpaired) electrons. The fourth-order valence-electron chi connectivity index (χ4n) is 2.61. The Balaban J connectivity index is 3.36. The van der Waals surface area contributed by atoms with Gasteiger partial charge in [0.2, 0.25) is 0 Å². The highest BCUT2D eigenvalue weighted by Crippen LogP contribution is 2.48. The maximum Gasteiger partial charge on any atom is 0.312 e. The van der Waals surface area contributed by atoms with Crippen molar-refractivity contribution in [1.82, 2.24) is 0 Å². The Morgan fingerprint density at radius 3 is 2.25 bits per heavy atom. The van der Waals surface area contributed by atoms with Crippen LogP contribution < -0.4 is 4.74 Å². The zero-order valence-electron chi connectivity index (χ0n) is 13.4. The summed E-state index contributed by atoms with van der Waals surface area (Å²) in [6.45, 7) is 10.3. The number of esters is 1. The molecule has 0 saturated heterocycles. The van der Waals surface area contributed by atoms with E-state index in [0.717, 1.165) is 17.7 Å². The van der Waals surface area contributed by atoms with E-state index in [1.165, 1.54) is 0 Å². The van der Waals surface area contributed by atoms with Crippen LogP contribution in [0.1, 0.15) is 46.6 Å². The second-order valence-electron chi connectivity index (χ2n) is 5.73. The Morgan fingerprint density at radius 1 is 1.15 bits per heavy atom. The van der Waals surface area contributed by atoms with Gasteiger partial charge in [-0.2, -0.15) is 0 Å². The summed E-state index contributed by atoms with van der Waals surface area (Å²) in [6.07, 6.45) is 0.819. The number of ether oxygens (including phenoxy) is 2. The van der Waals surface area contributed by atoms with Crippen LogP contribution in [-0.2, 0) is 14.9 Å². The Labute approximate surface area is 122 Å². The van der Waals surface area contributed by atoms with E-state index in [1.54, 1.807) is 7.11 Å². The highest BCUT2D eigenvalue weighted by molar-refractivity contribution is 5.78. The maximum atomic E-state index is 12.4. The van der Waals surface area contributed by atoms with Gasteiger partial charge in [-0.05, 0) is 33.3 Å². The van der Waals surface area contributed by atoms with Crippen LogP contribution in [0.3, 0.4) is 0 Å². The van der Waals surface area contributed by atoms with E-state index in [4.69, 9.17) is 9.47 Å². The lowest BCUT2D eigenvalue weighted by molar-refractivity contribution is -0.157. The van der Waals surface area contributed by atoms with E-state index >= 15 is 0 Å². The summed E-state index contributed by atoms with van der Waals surface area (Å²) in [6, 6.07) is 7.89. The number of carbonyl (C=O) groups is 1. The SMILES string of the molecule is CCOC(=O)C(C)(C)C(C)(CC)c1ccccc1OC. The molecule has 112 valence electrons. The molecule has 0 aliphatic heterocycles. The number of hydrogen-bond donors (Lipinski definition) is 0. The first-order chi connectivity index (χ1) is 9.35. The molecule has 0 spiro atoms. The minimum atomic E-state index is -0.633. The standard InChI is InChI=1S/C17H26O3/c1-7-17(5,16(3,4)15(18)20-8-2)13-11-9-10-12-14(13)19-6/h9-12H,7-8H2,1-6H3. The fraction of sp³-hybridized carbons (Fsp3) is 0.588. The molecule has 1 rings (SSSR count). The number of rotatable bonds is 6. The van der Waals surface area contributed by atoms with E-state index < -0.39 is 5.41 Å². The van der Waals surface area contributed by atoms with Gasteiger partial charge in [0.1, 0.15) is 5.75 Å². The van der Waals surface area contributed by atoms with Crippen molar-refractivity contribution in [2.24, 2.45) is 5.41 Å². The quantitative estimate of drug-likeness (QED) is 0.739. The van der Waals surface area contributed by atoms with Crippen LogP contribution in [0.15, 0.2) is 24.3 Å². The topological polar surface area (TPSA) is 35.5 Å². The van der Waals surface area contributed by atoms with Gasteiger partial charge >= 0.3 is 5.97 Å². The molecule has 1 atom stereocenters. The van der Waals surface area contributed by atoms with Gasteiger partial charge in [0.25, 0.3) is 0 Å². The molecule has 0 heterocycles. The monoisotopic (exact) mass is 278 g/mol. The second-order valence-corrected chi connectivity index (χ2v) is 5.73. The lowest BCUT2D eigenvalue weighted by Crippen LogP contribution is -2.45. The predicted molar refractivity (Wildman–Crippen MR) is 81.1 cm³/mol. The molecule has 0 aliphatic carbocycles. The molecule has 0 N–H and O–H groups in total. The van der Waals surface area contributed by atoms with E-state index in [1.807, 2.05) is 45.0 Å². The fourth-order valence-corrected chi connectivity index (χ4v) is 2.61. The summed E-state index contributed by atoms with van der Waals surface area (Å²) in [5, 5.41) is 0. The molecule has 0 amide bonds. The normalized spacial score (nSPS) is 14.5. The average molecular weight is 278 g/mol. The summed E-state index contributed by atoms with van der Waals surface area (Å²) in [5.74, 6) is 0.643. The van der Waals surface area contributed by atoms with E-state index in [0.29, 0.717) is 6.61 Å². The van der Waals surface area contributed by atoms with Crippen molar-refractivity contribution in [2.45, 2.75) is 46.5 Å².